The molecule has 0 radical (unpaired) electrons. The lowest BCUT2D eigenvalue weighted by atomic mass is 9.88. The number of nitrogens with zero attached hydrogens (tertiary/aromatic N) is 1. The number of phenolic OH excluding ortho intramolecular Hbond substituents is 1. The fourth-order valence-corrected chi connectivity index (χ4v) is 2.76. The second-order valence-corrected chi connectivity index (χ2v) is 7.05. The highest BCUT2D eigenvalue weighted by Gasteiger charge is 2.33. The van der Waals surface area contributed by atoms with Crippen molar-refractivity contribution in [2.45, 2.75) is 51.3 Å². The maximum atomic E-state index is 12.9. The van der Waals surface area contributed by atoms with Gasteiger partial charge in [-0.25, -0.2) is 4.79 Å². The molecule has 134 valence electrons. The summed E-state index contributed by atoms with van der Waals surface area (Å²) in [6.45, 7) is 6.17. The number of piperidine rings is 1. The second-order valence-electron chi connectivity index (χ2n) is 7.05. The summed E-state index contributed by atoms with van der Waals surface area (Å²) in [4.78, 5) is 13.6. The average Bonchev–Trinajstić information content (AvgIpc) is 2.44. The highest BCUT2D eigenvalue weighted by molar-refractivity contribution is 5.68. The number of carbonyl (C=O) groups is 1. The Balaban J connectivity index is 2.05. The van der Waals surface area contributed by atoms with Crippen LogP contribution in [-0.4, -0.2) is 34.8 Å². The first-order valence-electron chi connectivity index (χ1n) is 7.85. The summed E-state index contributed by atoms with van der Waals surface area (Å²) in [5, 5.41) is 9.57. The molecule has 1 aromatic rings. The summed E-state index contributed by atoms with van der Waals surface area (Å²) in [5.74, 6) is -0.522. The van der Waals surface area contributed by atoms with Crippen LogP contribution in [0.3, 0.4) is 0 Å². The zero-order chi connectivity index (χ0) is 18.1. The first-order valence-corrected chi connectivity index (χ1v) is 7.85. The van der Waals surface area contributed by atoms with Crippen LogP contribution in [0, 0.1) is 0 Å². The number of hydrogen-bond donors (Lipinski definition) is 1. The quantitative estimate of drug-likeness (QED) is 0.814. The van der Waals surface area contributed by atoms with E-state index in [4.69, 9.17) is 4.74 Å². The lowest BCUT2D eigenvalue weighted by Crippen LogP contribution is -2.41. The molecule has 1 saturated heterocycles. The average molecular weight is 345 g/mol. The molecule has 0 saturated carbocycles. The first kappa shape index (κ1) is 18.4. The zero-order valence-corrected chi connectivity index (χ0v) is 14.0. The Bertz CT molecular complexity index is 600. The number of carbonyl (C=O) groups excluding carboxylic acids is 1. The Hall–Kier alpha value is -1.92. The Kier molecular flexibility index (Phi) is 5.01. The molecule has 0 aromatic heterocycles. The van der Waals surface area contributed by atoms with E-state index in [0.29, 0.717) is 31.5 Å². The molecule has 1 aliphatic heterocycles. The number of rotatable bonds is 1. The van der Waals surface area contributed by atoms with Crippen LogP contribution < -0.4 is 0 Å². The summed E-state index contributed by atoms with van der Waals surface area (Å²) in [6.07, 6.45) is -3.85. The predicted molar refractivity (Wildman–Crippen MR) is 82.9 cm³/mol. The number of ether oxygens (including phenoxy) is 1. The predicted octanol–water partition coefficient (Wildman–Crippen LogP) is 4.53. The van der Waals surface area contributed by atoms with E-state index in [0.717, 1.165) is 12.1 Å². The van der Waals surface area contributed by atoms with Crippen LogP contribution in [0.2, 0.25) is 0 Å². The fraction of sp³-hybridized carbons (Fsp3) is 0.588. The van der Waals surface area contributed by atoms with Crippen LogP contribution in [0.4, 0.5) is 18.0 Å². The molecule has 24 heavy (non-hydrogen) atoms. The highest BCUT2D eigenvalue weighted by atomic mass is 19.4. The van der Waals surface area contributed by atoms with Gasteiger partial charge in [0.15, 0.2) is 0 Å². The Morgan fingerprint density at radius 1 is 1.17 bits per heavy atom. The van der Waals surface area contributed by atoms with E-state index in [1.807, 2.05) is 0 Å². The molecule has 0 bridgehead atoms. The minimum Gasteiger partial charge on any atom is -0.508 e. The molecule has 0 aliphatic carbocycles. The largest absolute Gasteiger partial charge is 0.508 e. The highest BCUT2D eigenvalue weighted by Crippen LogP contribution is 2.36. The van der Waals surface area contributed by atoms with Gasteiger partial charge in [-0.15, -0.1) is 0 Å². The molecule has 0 spiro atoms. The van der Waals surface area contributed by atoms with Crippen molar-refractivity contribution in [1.29, 1.82) is 0 Å². The maximum absolute atomic E-state index is 12.9. The van der Waals surface area contributed by atoms with Gasteiger partial charge in [0.05, 0.1) is 5.56 Å². The third-order valence-electron chi connectivity index (χ3n) is 3.89. The van der Waals surface area contributed by atoms with Gasteiger partial charge in [0.25, 0.3) is 0 Å². The van der Waals surface area contributed by atoms with Gasteiger partial charge < -0.3 is 14.7 Å². The monoisotopic (exact) mass is 345 g/mol. The van der Waals surface area contributed by atoms with Crippen LogP contribution in [0.1, 0.15) is 50.7 Å². The van der Waals surface area contributed by atoms with Crippen LogP contribution in [0.25, 0.3) is 0 Å². The number of amides is 1. The normalized spacial score (nSPS) is 17.0. The number of halogens is 3. The third-order valence-corrected chi connectivity index (χ3v) is 3.89. The summed E-state index contributed by atoms with van der Waals surface area (Å²) < 4.78 is 43.9. The van der Waals surface area contributed by atoms with E-state index in [-0.39, 0.29) is 5.92 Å². The van der Waals surface area contributed by atoms with Gasteiger partial charge in [0.2, 0.25) is 0 Å². The lowest BCUT2D eigenvalue weighted by Gasteiger charge is -2.33. The minimum absolute atomic E-state index is 0.128. The van der Waals surface area contributed by atoms with Crippen molar-refractivity contribution in [3.8, 4) is 5.75 Å². The van der Waals surface area contributed by atoms with Crippen LogP contribution >= 0.6 is 0 Å². The van der Waals surface area contributed by atoms with Gasteiger partial charge in [-0.2, -0.15) is 13.2 Å². The number of alkyl halides is 3. The van der Waals surface area contributed by atoms with E-state index in [1.165, 1.54) is 6.07 Å². The van der Waals surface area contributed by atoms with E-state index < -0.39 is 29.2 Å². The van der Waals surface area contributed by atoms with Crippen molar-refractivity contribution in [1.82, 2.24) is 4.90 Å². The standard InChI is InChI=1S/C17H22F3NO3/c1-16(2,3)24-15(23)21-6-4-11(5-7-21)12-8-13(17(18,19)20)10-14(22)9-12/h8-11,22H,4-7H2,1-3H3. The van der Waals surface area contributed by atoms with Crippen molar-refractivity contribution in [2.75, 3.05) is 13.1 Å². The molecule has 1 aliphatic rings. The smallest absolute Gasteiger partial charge is 0.416 e. The number of benzene rings is 1. The van der Waals surface area contributed by atoms with Gasteiger partial charge in [0, 0.05) is 13.1 Å². The molecular formula is C17H22F3NO3. The maximum Gasteiger partial charge on any atom is 0.416 e. The Morgan fingerprint density at radius 3 is 2.25 bits per heavy atom. The zero-order valence-electron chi connectivity index (χ0n) is 14.0. The number of likely N-dealkylation sites (tertiary alicyclic amines) is 1. The van der Waals surface area contributed by atoms with Crippen molar-refractivity contribution >= 4 is 6.09 Å². The van der Waals surface area contributed by atoms with Gasteiger partial charge >= 0.3 is 12.3 Å². The van der Waals surface area contributed by atoms with Crippen LogP contribution in [-0.2, 0) is 10.9 Å². The minimum atomic E-state index is -4.50. The summed E-state index contributed by atoms with van der Waals surface area (Å²) in [6, 6.07) is 3.16. The Labute approximate surface area is 139 Å². The number of aromatic hydroxyl groups is 1. The van der Waals surface area contributed by atoms with Crippen molar-refractivity contribution in [2.24, 2.45) is 0 Å². The third kappa shape index (κ3) is 4.79. The van der Waals surface area contributed by atoms with E-state index >= 15 is 0 Å². The molecule has 1 N–H and O–H groups in total. The topological polar surface area (TPSA) is 49.8 Å². The fourth-order valence-electron chi connectivity index (χ4n) is 2.76. The summed E-state index contributed by atoms with van der Waals surface area (Å²) in [5.41, 5.74) is -0.987. The molecule has 2 rings (SSSR count). The Morgan fingerprint density at radius 2 is 1.75 bits per heavy atom. The number of hydrogen-bond acceptors (Lipinski definition) is 3. The first-order chi connectivity index (χ1) is 11.0. The molecule has 0 atom stereocenters. The van der Waals surface area contributed by atoms with Gasteiger partial charge in [-0.1, -0.05) is 0 Å². The van der Waals surface area contributed by atoms with Crippen molar-refractivity contribution < 1.29 is 27.8 Å². The molecule has 0 unspecified atom stereocenters. The SMILES string of the molecule is CC(C)(C)OC(=O)N1CCC(c2cc(O)cc(C(F)(F)F)c2)CC1. The van der Waals surface area contributed by atoms with Crippen molar-refractivity contribution in [3.63, 3.8) is 0 Å². The molecule has 4 nitrogen and oxygen atoms in total. The lowest BCUT2D eigenvalue weighted by molar-refractivity contribution is -0.137. The molecule has 1 heterocycles. The molecule has 1 fully saturated rings. The second kappa shape index (κ2) is 6.53. The van der Waals surface area contributed by atoms with Gasteiger partial charge in [0.1, 0.15) is 11.4 Å². The van der Waals surface area contributed by atoms with Gasteiger partial charge in [-0.05, 0) is 63.3 Å². The van der Waals surface area contributed by atoms with Crippen LogP contribution in [0.15, 0.2) is 18.2 Å². The van der Waals surface area contributed by atoms with Crippen LogP contribution in [0.5, 0.6) is 5.75 Å². The van der Waals surface area contributed by atoms with E-state index in [9.17, 15) is 23.1 Å². The molecular weight excluding hydrogens is 323 g/mol. The number of phenols is 1. The summed E-state index contributed by atoms with van der Waals surface area (Å²) >= 11 is 0. The van der Waals surface area contributed by atoms with Gasteiger partial charge in [-0.3, -0.25) is 0 Å². The van der Waals surface area contributed by atoms with Crippen molar-refractivity contribution in [3.05, 3.63) is 29.3 Å². The molecule has 1 aromatic carbocycles. The van der Waals surface area contributed by atoms with E-state index in [1.54, 1.807) is 25.7 Å². The molecule has 7 heteroatoms. The summed E-state index contributed by atoms with van der Waals surface area (Å²) in [7, 11) is 0. The van der Waals surface area contributed by atoms with E-state index in [2.05, 4.69) is 0 Å². The molecule has 1 amide bonds.